The molecule has 0 fully saturated rings. The Bertz CT molecular complexity index is 500. The minimum absolute atomic E-state index is 0.958. The molecule has 2 rings (SSSR count). The van der Waals surface area contributed by atoms with Crippen LogP contribution < -0.4 is 5.32 Å². The van der Waals surface area contributed by atoms with Crippen LogP contribution >= 0.6 is 0 Å². The third kappa shape index (κ3) is 2.56. The molecule has 3 nitrogen and oxygen atoms in total. The Kier molecular flexibility index (Phi) is 3.59. The fourth-order valence-corrected chi connectivity index (χ4v) is 2.10. The molecule has 1 aromatic heterocycles. The quantitative estimate of drug-likeness (QED) is 0.845. The van der Waals surface area contributed by atoms with Crippen molar-refractivity contribution in [1.82, 2.24) is 15.5 Å². The number of H-pyrrole nitrogens is 1. The molecule has 0 unspecified atom stereocenters. The average molecular weight is 229 g/mol. The molecule has 1 heterocycles. The van der Waals surface area contributed by atoms with Crippen LogP contribution in [0, 0.1) is 13.8 Å². The largest absolute Gasteiger partial charge is 0.319 e. The third-order valence-corrected chi connectivity index (χ3v) is 3.02. The lowest BCUT2D eigenvalue weighted by Crippen LogP contribution is -2.11. The van der Waals surface area contributed by atoms with Crippen LogP contribution in [0.1, 0.15) is 16.8 Å². The van der Waals surface area contributed by atoms with Crippen molar-refractivity contribution >= 4 is 0 Å². The van der Waals surface area contributed by atoms with E-state index in [-0.39, 0.29) is 0 Å². The zero-order valence-corrected chi connectivity index (χ0v) is 10.7. The van der Waals surface area contributed by atoms with E-state index in [0.717, 1.165) is 13.0 Å². The molecular weight excluding hydrogens is 210 g/mol. The molecule has 2 aromatic rings. The van der Waals surface area contributed by atoms with Crippen molar-refractivity contribution in [2.24, 2.45) is 0 Å². The molecule has 0 radical (unpaired) electrons. The van der Waals surface area contributed by atoms with Gasteiger partial charge in [-0.3, -0.25) is 5.10 Å². The van der Waals surface area contributed by atoms with Gasteiger partial charge >= 0.3 is 0 Å². The number of benzene rings is 1. The second-order valence-corrected chi connectivity index (χ2v) is 4.43. The molecule has 0 saturated carbocycles. The number of aryl methyl sites for hydroxylation is 2. The van der Waals surface area contributed by atoms with E-state index in [1.807, 2.05) is 13.2 Å². The SMILES string of the molecule is CNCCc1[nH]ncc1-c1ccc(C)cc1C. The van der Waals surface area contributed by atoms with Crippen LogP contribution in [-0.4, -0.2) is 23.8 Å². The summed E-state index contributed by atoms with van der Waals surface area (Å²) in [6.45, 7) is 5.23. The van der Waals surface area contributed by atoms with E-state index in [0.29, 0.717) is 0 Å². The third-order valence-electron chi connectivity index (χ3n) is 3.02. The van der Waals surface area contributed by atoms with E-state index < -0.39 is 0 Å². The highest BCUT2D eigenvalue weighted by molar-refractivity contribution is 5.69. The van der Waals surface area contributed by atoms with E-state index in [1.54, 1.807) is 0 Å². The van der Waals surface area contributed by atoms with Gasteiger partial charge in [-0.05, 0) is 32.0 Å². The molecule has 0 aliphatic rings. The molecule has 3 heteroatoms. The second-order valence-electron chi connectivity index (χ2n) is 4.43. The predicted octanol–water partition coefficient (Wildman–Crippen LogP) is 2.46. The number of hydrogen-bond acceptors (Lipinski definition) is 2. The van der Waals surface area contributed by atoms with Crippen molar-refractivity contribution < 1.29 is 0 Å². The van der Waals surface area contributed by atoms with Crippen molar-refractivity contribution in [1.29, 1.82) is 0 Å². The van der Waals surface area contributed by atoms with Crippen LogP contribution in [0.2, 0.25) is 0 Å². The Labute approximate surface area is 102 Å². The maximum Gasteiger partial charge on any atom is 0.0568 e. The lowest BCUT2D eigenvalue weighted by atomic mass is 9.98. The Morgan fingerprint density at radius 3 is 2.76 bits per heavy atom. The summed E-state index contributed by atoms with van der Waals surface area (Å²) in [6.07, 6.45) is 2.89. The molecule has 1 aromatic carbocycles. The van der Waals surface area contributed by atoms with Gasteiger partial charge in [0.25, 0.3) is 0 Å². The second kappa shape index (κ2) is 5.15. The average Bonchev–Trinajstić information content (AvgIpc) is 2.74. The zero-order chi connectivity index (χ0) is 12.3. The predicted molar refractivity (Wildman–Crippen MR) is 71.1 cm³/mol. The minimum Gasteiger partial charge on any atom is -0.319 e. The molecular formula is C14H19N3. The molecule has 2 N–H and O–H groups in total. The molecule has 0 saturated heterocycles. The Morgan fingerprint density at radius 1 is 1.24 bits per heavy atom. The van der Waals surface area contributed by atoms with Gasteiger partial charge in [0.05, 0.1) is 6.20 Å². The maximum absolute atomic E-state index is 4.16. The number of aromatic nitrogens is 2. The van der Waals surface area contributed by atoms with Crippen molar-refractivity contribution in [2.45, 2.75) is 20.3 Å². The van der Waals surface area contributed by atoms with Crippen LogP contribution in [0.15, 0.2) is 24.4 Å². The number of nitrogens with one attached hydrogen (secondary N) is 2. The summed E-state index contributed by atoms with van der Waals surface area (Å²) in [5.41, 5.74) is 6.29. The van der Waals surface area contributed by atoms with Gasteiger partial charge in [0.15, 0.2) is 0 Å². The smallest absolute Gasteiger partial charge is 0.0568 e. The Hall–Kier alpha value is -1.61. The van der Waals surface area contributed by atoms with Gasteiger partial charge in [-0.1, -0.05) is 23.8 Å². The van der Waals surface area contributed by atoms with Crippen LogP contribution in [0.4, 0.5) is 0 Å². The number of rotatable bonds is 4. The van der Waals surface area contributed by atoms with E-state index in [2.05, 4.69) is 47.6 Å². The summed E-state index contributed by atoms with van der Waals surface area (Å²) in [5, 5.41) is 10.4. The summed E-state index contributed by atoms with van der Waals surface area (Å²) >= 11 is 0. The first-order chi connectivity index (χ1) is 8.22. The van der Waals surface area contributed by atoms with Crippen LogP contribution in [0.3, 0.4) is 0 Å². The van der Waals surface area contributed by atoms with E-state index in [1.165, 1.54) is 27.9 Å². The molecule has 0 spiro atoms. The standard InChI is InChI=1S/C14H19N3/c1-10-4-5-12(11(2)8-10)13-9-16-17-14(13)6-7-15-3/h4-5,8-9,15H,6-7H2,1-3H3,(H,16,17). The Balaban J connectivity index is 2.35. The van der Waals surface area contributed by atoms with Crippen molar-refractivity contribution in [3.05, 3.63) is 41.2 Å². The molecule has 0 aliphatic heterocycles. The van der Waals surface area contributed by atoms with E-state index in [4.69, 9.17) is 0 Å². The number of aromatic amines is 1. The van der Waals surface area contributed by atoms with Gasteiger partial charge in [-0.25, -0.2) is 0 Å². The van der Waals surface area contributed by atoms with E-state index in [9.17, 15) is 0 Å². The van der Waals surface area contributed by atoms with Gasteiger partial charge < -0.3 is 5.32 Å². The summed E-state index contributed by atoms with van der Waals surface area (Å²) < 4.78 is 0. The topological polar surface area (TPSA) is 40.7 Å². The molecule has 0 amide bonds. The normalized spacial score (nSPS) is 10.8. The van der Waals surface area contributed by atoms with Crippen LogP contribution in [0.5, 0.6) is 0 Å². The highest BCUT2D eigenvalue weighted by Gasteiger charge is 2.09. The first kappa shape index (κ1) is 11.9. The van der Waals surface area contributed by atoms with Gasteiger partial charge in [0, 0.05) is 24.2 Å². The van der Waals surface area contributed by atoms with Crippen molar-refractivity contribution in [3.8, 4) is 11.1 Å². The summed E-state index contributed by atoms with van der Waals surface area (Å²) in [7, 11) is 1.97. The van der Waals surface area contributed by atoms with Gasteiger partial charge in [-0.2, -0.15) is 5.10 Å². The zero-order valence-electron chi connectivity index (χ0n) is 10.7. The lowest BCUT2D eigenvalue weighted by molar-refractivity contribution is 0.773. The molecule has 0 aliphatic carbocycles. The van der Waals surface area contributed by atoms with Gasteiger partial charge in [-0.15, -0.1) is 0 Å². The van der Waals surface area contributed by atoms with Gasteiger partial charge in [0.2, 0.25) is 0 Å². The Morgan fingerprint density at radius 2 is 2.06 bits per heavy atom. The molecule has 0 atom stereocenters. The van der Waals surface area contributed by atoms with E-state index >= 15 is 0 Å². The fraction of sp³-hybridized carbons (Fsp3) is 0.357. The monoisotopic (exact) mass is 229 g/mol. The summed E-state index contributed by atoms with van der Waals surface area (Å²) in [5.74, 6) is 0. The minimum atomic E-state index is 0.958. The first-order valence-electron chi connectivity index (χ1n) is 5.97. The number of likely N-dealkylation sites (N-methyl/N-ethyl adjacent to an activating group) is 1. The van der Waals surface area contributed by atoms with Crippen LogP contribution in [0.25, 0.3) is 11.1 Å². The summed E-state index contributed by atoms with van der Waals surface area (Å²) in [4.78, 5) is 0. The number of nitrogens with zero attached hydrogens (tertiary/aromatic N) is 1. The molecule has 0 bridgehead atoms. The summed E-state index contributed by atoms with van der Waals surface area (Å²) in [6, 6.07) is 6.54. The lowest BCUT2D eigenvalue weighted by Gasteiger charge is -2.07. The maximum atomic E-state index is 4.16. The number of hydrogen-bond donors (Lipinski definition) is 2. The highest BCUT2D eigenvalue weighted by Crippen LogP contribution is 2.26. The molecule has 17 heavy (non-hydrogen) atoms. The molecule has 90 valence electrons. The van der Waals surface area contributed by atoms with Crippen molar-refractivity contribution in [3.63, 3.8) is 0 Å². The highest BCUT2D eigenvalue weighted by atomic mass is 15.1. The van der Waals surface area contributed by atoms with Gasteiger partial charge in [0.1, 0.15) is 0 Å². The fourth-order valence-electron chi connectivity index (χ4n) is 2.10. The van der Waals surface area contributed by atoms with Crippen LogP contribution in [-0.2, 0) is 6.42 Å². The van der Waals surface area contributed by atoms with Crippen molar-refractivity contribution in [2.75, 3.05) is 13.6 Å². The first-order valence-corrected chi connectivity index (χ1v) is 5.97.